The Kier molecular flexibility index (Phi) is 4.89. The normalized spacial score (nSPS) is 36.7. The van der Waals surface area contributed by atoms with Crippen LogP contribution < -0.4 is 5.32 Å². The van der Waals surface area contributed by atoms with E-state index in [9.17, 15) is 9.59 Å². The summed E-state index contributed by atoms with van der Waals surface area (Å²) in [6, 6.07) is 9.57. The highest BCUT2D eigenvalue weighted by molar-refractivity contribution is 5.90. The number of carbonyl (C=O) groups excluding carboxylic acids is 2. The van der Waals surface area contributed by atoms with E-state index >= 15 is 0 Å². The van der Waals surface area contributed by atoms with Crippen molar-refractivity contribution in [3.8, 4) is 0 Å². The highest BCUT2D eigenvalue weighted by Crippen LogP contribution is 2.60. The van der Waals surface area contributed by atoms with Crippen molar-refractivity contribution >= 4 is 11.8 Å². The van der Waals surface area contributed by atoms with Gasteiger partial charge in [0.15, 0.2) is 0 Å². The molecule has 1 unspecified atom stereocenters. The third-order valence-electron chi connectivity index (χ3n) is 7.79. The fourth-order valence-electron chi connectivity index (χ4n) is 6.79. The number of nitrogens with zero attached hydrogens (tertiary/aromatic N) is 1. The number of carbonyl (C=O) groups is 2. The van der Waals surface area contributed by atoms with E-state index in [0.29, 0.717) is 19.7 Å². The Hall–Kier alpha value is -1.88. The van der Waals surface area contributed by atoms with E-state index in [-0.39, 0.29) is 23.3 Å². The standard InChI is InChI=1S/C24H32N2O3/c1-16(22(27)26-7-8-29-21(15-26)20-5-3-2-4-6-20)25-23(28)24-12-17-9-18(13-24)11-19(10-17)14-24/h2-6,16-19,21H,7-15H2,1H3,(H,25,28)/t16-,17?,18?,19?,21?,24?/m0/s1. The van der Waals surface area contributed by atoms with Crippen LogP contribution in [0.25, 0.3) is 0 Å². The molecule has 4 saturated carbocycles. The predicted molar refractivity (Wildman–Crippen MR) is 110 cm³/mol. The number of benzene rings is 1. The van der Waals surface area contributed by atoms with Gasteiger partial charge >= 0.3 is 0 Å². The van der Waals surface area contributed by atoms with E-state index in [1.54, 1.807) is 0 Å². The summed E-state index contributed by atoms with van der Waals surface area (Å²) in [5.74, 6) is 2.31. The first-order valence-electron chi connectivity index (χ1n) is 11.3. The fourth-order valence-corrected chi connectivity index (χ4v) is 6.79. The minimum atomic E-state index is -0.481. The Morgan fingerprint density at radius 3 is 2.31 bits per heavy atom. The molecule has 29 heavy (non-hydrogen) atoms. The maximum Gasteiger partial charge on any atom is 0.245 e. The van der Waals surface area contributed by atoms with Gasteiger partial charge in [0.05, 0.1) is 13.2 Å². The number of rotatable bonds is 4. The molecule has 0 radical (unpaired) electrons. The topological polar surface area (TPSA) is 58.6 Å². The molecule has 2 amide bonds. The van der Waals surface area contributed by atoms with Crippen LogP contribution in [-0.2, 0) is 14.3 Å². The van der Waals surface area contributed by atoms with Crippen molar-refractivity contribution in [2.45, 2.75) is 57.6 Å². The third kappa shape index (κ3) is 3.58. The first-order valence-corrected chi connectivity index (χ1v) is 11.3. The van der Waals surface area contributed by atoms with E-state index < -0.39 is 6.04 Å². The predicted octanol–water partition coefficient (Wildman–Crippen LogP) is 3.31. The van der Waals surface area contributed by atoms with Crippen LogP contribution in [0.4, 0.5) is 0 Å². The quantitative estimate of drug-likeness (QED) is 0.849. The molecule has 4 bridgehead atoms. The van der Waals surface area contributed by atoms with Crippen LogP contribution in [0.15, 0.2) is 30.3 Å². The molecule has 4 aliphatic carbocycles. The van der Waals surface area contributed by atoms with E-state index in [1.807, 2.05) is 42.2 Å². The van der Waals surface area contributed by atoms with Crippen molar-refractivity contribution in [2.75, 3.05) is 19.7 Å². The molecule has 1 aromatic rings. The molecule has 1 heterocycles. The molecule has 1 saturated heterocycles. The molecule has 5 aliphatic rings. The first-order chi connectivity index (χ1) is 14.0. The zero-order valence-electron chi connectivity index (χ0n) is 17.3. The van der Waals surface area contributed by atoms with Crippen molar-refractivity contribution in [3.63, 3.8) is 0 Å². The molecule has 0 aromatic heterocycles. The molecule has 2 atom stereocenters. The van der Waals surface area contributed by atoms with Gasteiger partial charge in [0.2, 0.25) is 11.8 Å². The number of ether oxygens (including phenoxy) is 1. The van der Waals surface area contributed by atoms with E-state index in [4.69, 9.17) is 4.74 Å². The van der Waals surface area contributed by atoms with Crippen molar-refractivity contribution in [2.24, 2.45) is 23.2 Å². The van der Waals surface area contributed by atoms with Gasteiger partial charge in [-0.15, -0.1) is 0 Å². The summed E-state index contributed by atoms with van der Waals surface area (Å²) in [5, 5.41) is 3.12. The smallest absolute Gasteiger partial charge is 0.245 e. The number of nitrogens with one attached hydrogen (secondary N) is 1. The molecule has 1 aliphatic heterocycles. The molecule has 156 valence electrons. The Bertz CT molecular complexity index is 742. The molecule has 1 N–H and O–H groups in total. The van der Waals surface area contributed by atoms with Gasteiger partial charge in [-0.3, -0.25) is 9.59 Å². The molecule has 5 nitrogen and oxygen atoms in total. The highest BCUT2D eigenvalue weighted by atomic mass is 16.5. The lowest BCUT2D eigenvalue weighted by atomic mass is 9.49. The second kappa shape index (κ2) is 7.42. The van der Waals surface area contributed by atoms with Crippen LogP contribution in [0.5, 0.6) is 0 Å². The van der Waals surface area contributed by atoms with Gasteiger partial charge in [-0.25, -0.2) is 0 Å². The zero-order valence-corrected chi connectivity index (χ0v) is 17.3. The summed E-state index contributed by atoms with van der Waals surface area (Å²) in [6.07, 6.45) is 6.93. The van der Waals surface area contributed by atoms with E-state index in [1.165, 1.54) is 19.3 Å². The highest BCUT2D eigenvalue weighted by Gasteiger charge is 2.54. The minimum Gasteiger partial charge on any atom is -0.370 e. The number of morpholine rings is 1. The van der Waals surface area contributed by atoms with Gasteiger partial charge in [0.25, 0.3) is 0 Å². The molecular weight excluding hydrogens is 364 g/mol. The summed E-state index contributed by atoms with van der Waals surface area (Å²) in [7, 11) is 0. The lowest BCUT2D eigenvalue weighted by molar-refractivity contribution is -0.151. The van der Waals surface area contributed by atoms with Crippen molar-refractivity contribution in [1.29, 1.82) is 0 Å². The fraction of sp³-hybridized carbons (Fsp3) is 0.667. The number of hydrogen-bond donors (Lipinski definition) is 1. The first kappa shape index (κ1) is 19.1. The Morgan fingerprint density at radius 1 is 1.07 bits per heavy atom. The van der Waals surface area contributed by atoms with Crippen LogP contribution >= 0.6 is 0 Å². The summed E-state index contributed by atoms with van der Waals surface area (Å²) in [4.78, 5) is 28.2. The van der Waals surface area contributed by atoms with Crippen molar-refractivity contribution in [3.05, 3.63) is 35.9 Å². The Balaban J connectivity index is 1.22. The summed E-state index contributed by atoms with van der Waals surface area (Å²) < 4.78 is 5.89. The number of hydrogen-bond acceptors (Lipinski definition) is 3. The Labute approximate surface area is 173 Å². The third-order valence-corrected chi connectivity index (χ3v) is 7.79. The van der Waals surface area contributed by atoms with Crippen molar-refractivity contribution < 1.29 is 14.3 Å². The van der Waals surface area contributed by atoms with Crippen LogP contribution in [-0.4, -0.2) is 42.5 Å². The van der Waals surface area contributed by atoms with Gasteiger partial charge < -0.3 is 15.0 Å². The summed E-state index contributed by atoms with van der Waals surface area (Å²) in [5.41, 5.74) is 0.885. The molecule has 0 spiro atoms. The average Bonchev–Trinajstić information content (AvgIpc) is 2.73. The largest absolute Gasteiger partial charge is 0.370 e. The van der Waals surface area contributed by atoms with Crippen LogP contribution in [0, 0.1) is 23.2 Å². The average molecular weight is 397 g/mol. The molecule has 1 aromatic carbocycles. The number of amides is 2. The van der Waals surface area contributed by atoms with Gasteiger partial charge in [-0.1, -0.05) is 30.3 Å². The van der Waals surface area contributed by atoms with Gasteiger partial charge in [0.1, 0.15) is 12.1 Å². The van der Waals surface area contributed by atoms with Crippen molar-refractivity contribution in [1.82, 2.24) is 10.2 Å². The van der Waals surface area contributed by atoms with Gasteiger partial charge in [0, 0.05) is 12.0 Å². The minimum absolute atomic E-state index is 0.00677. The second-order valence-electron chi connectivity index (χ2n) is 9.95. The molecule has 6 rings (SSSR count). The van der Waals surface area contributed by atoms with Crippen LogP contribution in [0.1, 0.15) is 57.1 Å². The maximum atomic E-state index is 13.3. The van der Waals surface area contributed by atoms with Crippen LogP contribution in [0.3, 0.4) is 0 Å². The molecule has 5 heteroatoms. The van der Waals surface area contributed by atoms with Gasteiger partial charge in [-0.2, -0.15) is 0 Å². The van der Waals surface area contributed by atoms with Gasteiger partial charge in [-0.05, 0) is 68.8 Å². The summed E-state index contributed by atoms with van der Waals surface area (Å²) >= 11 is 0. The zero-order chi connectivity index (χ0) is 20.0. The van der Waals surface area contributed by atoms with Crippen LogP contribution in [0.2, 0.25) is 0 Å². The second-order valence-corrected chi connectivity index (χ2v) is 9.95. The summed E-state index contributed by atoms with van der Waals surface area (Å²) in [6.45, 7) is 3.49. The van der Waals surface area contributed by atoms with E-state index in [2.05, 4.69) is 5.32 Å². The molecule has 5 fully saturated rings. The monoisotopic (exact) mass is 396 g/mol. The maximum absolute atomic E-state index is 13.3. The molecular formula is C24H32N2O3. The lowest BCUT2D eigenvalue weighted by Gasteiger charge is -2.55. The Morgan fingerprint density at radius 2 is 1.69 bits per heavy atom. The van der Waals surface area contributed by atoms with E-state index in [0.717, 1.165) is 42.6 Å². The SMILES string of the molecule is C[C@H](NC(=O)C12CC3CC(CC(C3)C1)C2)C(=O)N1CCOC(c2ccccc2)C1. The lowest BCUT2D eigenvalue weighted by Crippen LogP contribution is -2.57.